The molecule has 0 bridgehead atoms. The number of piperidine rings is 1. The number of halogens is 3. The van der Waals surface area contributed by atoms with E-state index in [0.29, 0.717) is 18.3 Å². The van der Waals surface area contributed by atoms with E-state index in [1.807, 2.05) is 24.3 Å². The number of carbonyl (C=O) groups excluding carboxylic acids is 1. The zero-order chi connectivity index (χ0) is 24.3. The smallest absolute Gasteiger partial charge is 0.386 e. The van der Waals surface area contributed by atoms with Gasteiger partial charge >= 0.3 is 6.18 Å². The zero-order valence-electron chi connectivity index (χ0n) is 18.3. The number of anilines is 1. The molecule has 1 fully saturated rings. The number of nitrogens with zero attached hydrogens (tertiary/aromatic N) is 3. The van der Waals surface area contributed by atoms with Crippen molar-refractivity contribution >= 4 is 27.3 Å². The molecule has 2 heterocycles. The van der Waals surface area contributed by atoms with Crippen LogP contribution in [0.1, 0.15) is 30.4 Å². The summed E-state index contributed by atoms with van der Waals surface area (Å²) in [4.78, 5) is 19.2. The lowest BCUT2D eigenvalue weighted by Gasteiger charge is -2.29. The van der Waals surface area contributed by atoms with Crippen molar-refractivity contribution in [2.24, 2.45) is 5.16 Å². The molecule has 0 unspecified atom stereocenters. The first-order valence-electron chi connectivity index (χ1n) is 10.9. The number of benzene rings is 2. The second kappa shape index (κ2) is 9.75. The Balaban J connectivity index is 1.33. The summed E-state index contributed by atoms with van der Waals surface area (Å²) >= 11 is 0. The van der Waals surface area contributed by atoms with E-state index in [2.05, 4.69) is 5.16 Å². The first-order chi connectivity index (χ1) is 16.2. The Kier molecular flexibility index (Phi) is 6.94. The fraction of sp³-hybridized carbons (Fsp3) is 0.391. The third kappa shape index (κ3) is 5.25. The van der Waals surface area contributed by atoms with Crippen LogP contribution in [0.3, 0.4) is 0 Å². The number of hydrogen-bond donors (Lipinski definition) is 0. The summed E-state index contributed by atoms with van der Waals surface area (Å²) in [5.74, 6) is -0.207. The molecule has 2 aromatic carbocycles. The molecule has 1 amide bonds. The van der Waals surface area contributed by atoms with Crippen molar-refractivity contribution in [3.05, 3.63) is 59.7 Å². The summed E-state index contributed by atoms with van der Waals surface area (Å²) in [6.07, 6.45) is -2.31. The minimum absolute atomic E-state index is 0.0637. The van der Waals surface area contributed by atoms with Crippen LogP contribution in [0.4, 0.5) is 18.9 Å². The van der Waals surface area contributed by atoms with Gasteiger partial charge in [-0.15, -0.1) is 0 Å². The van der Waals surface area contributed by atoms with Crippen LogP contribution >= 0.6 is 0 Å². The summed E-state index contributed by atoms with van der Waals surface area (Å²) in [7, 11) is -4.07. The van der Waals surface area contributed by atoms with E-state index in [0.717, 1.165) is 46.6 Å². The first kappa shape index (κ1) is 24.2. The Bertz CT molecular complexity index is 1190. The molecule has 0 N–H and O–H groups in total. The standard InChI is InChI=1S/C23H24F3N3O4S/c24-23(25,26)18-7-3-8-20(15-18)34(31,32)28-13-10-19(11-14-28)27-33-16-22(30)29-12-4-6-17-5-1-2-9-21(17)29/h1-3,5,7-9,15H,4,6,10-14,16H2. The molecule has 2 aliphatic rings. The Hall–Kier alpha value is -2.92. The number of hydrogen-bond acceptors (Lipinski definition) is 5. The van der Waals surface area contributed by atoms with Gasteiger partial charge in [0.05, 0.1) is 16.2 Å². The number of carbonyl (C=O) groups is 1. The van der Waals surface area contributed by atoms with Crippen molar-refractivity contribution in [2.45, 2.75) is 36.8 Å². The van der Waals surface area contributed by atoms with Crippen molar-refractivity contribution in [3.63, 3.8) is 0 Å². The summed E-state index contributed by atoms with van der Waals surface area (Å²) < 4.78 is 65.6. The first-order valence-corrected chi connectivity index (χ1v) is 12.3. The van der Waals surface area contributed by atoms with Crippen molar-refractivity contribution < 1.29 is 31.2 Å². The topological polar surface area (TPSA) is 79.3 Å². The van der Waals surface area contributed by atoms with E-state index in [9.17, 15) is 26.4 Å². The Labute approximate surface area is 195 Å². The van der Waals surface area contributed by atoms with E-state index >= 15 is 0 Å². The van der Waals surface area contributed by atoms with Gasteiger partial charge in [0.2, 0.25) is 10.0 Å². The van der Waals surface area contributed by atoms with Gasteiger partial charge in [-0.3, -0.25) is 4.79 Å². The van der Waals surface area contributed by atoms with Crippen LogP contribution in [0.15, 0.2) is 58.6 Å². The number of oxime groups is 1. The van der Waals surface area contributed by atoms with Crippen molar-refractivity contribution in [2.75, 3.05) is 31.1 Å². The highest BCUT2D eigenvalue weighted by molar-refractivity contribution is 7.89. The normalized spacial score (nSPS) is 17.3. The molecule has 0 atom stereocenters. The lowest BCUT2D eigenvalue weighted by Crippen LogP contribution is -2.39. The minimum atomic E-state index is -4.63. The molecule has 11 heteroatoms. The van der Waals surface area contributed by atoms with Crippen LogP contribution in [-0.4, -0.2) is 50.6 Å². The van der Waals surface area contributed by atoms with Gasteiger partial charge in [0.15, 0.2) is 6.61 Å². The third-order valence-corrected chi connectivity index (χ3v) is 7.79. The average Bonchev–Trinajstić information content (AvgIpc) is 2.83. The van der Waals surface area contributed by atoms with Gasteiger partial charge in [-0.05, 0) is 42.7 Å². The predicted octanol–water partition coefficient (Wildman–Crippen LogP) is 3.84. The van der Waals surface area contributed by atoms with E-state index in [1.165, 1.54) is 0 Å². The largest absolute Gasteiger partial charge is 0.416 e. The zero-order valence-corrected chi connectivity index (χ0v) is 19.1. The van der Waals surface area contributed by atoms with Gasteiger partial charge in [-0.2, -0.15) is 17.5 Å². The number of rotatable bonds is 5. The SMILES string of the molecule is O=C(CON=C1CCN(S(=O)(=O)c2cccc(C(F)(F)F)c2)CC1)N1CCCc2ccccc21. The van der Waals surface area contributed by atoms with Gasteiger partial charge in [0.25, 0.3) is 5.91 Å². The third-order valence-electron chi connectivity index (χ3n) is 5.89. The second-order valence-electron chi connectivity index (χ2n) is 8.14. The van der Waals surface area contributed by atoms with Crippen LogP contribution in [0.2, 0.25) is 0 Å². The highest BCUT2D eigenvalue weighted by atomic mass is 32.2. The minimum Gasteiger partial charge on any atom is -0.386 e. The van der Waals surface area contributed by atoms with Crippen LogP contribution in [-0.2, 0) is 32.3 Å². The van der Waals surface area contributed by atoms with Crippen LogP contribution in [0.25, 0.3) is 0 Å². The monoisotopic (exact) mass is 495 g/mol. The Morgan fingerprint density at radius 3 is 2.47 bits per heavy atom. The summed E-state index contributed by atoms with van der Waals surface area (Å²) in [6.45, 7) is 0.505. The molecule has 2 aliphatic heterocycles. The molecule has 0 aliphatic carbocycles. The predicted molar refractivity (Wildman–Crippen MR) is 120 cm³/mol. The van der Waals surface area contributed by atoms with Gasteiger partial charge in [-0.1, -0.05) is 29.4 Å². The number of fused-ring (bicyclic) bond motifs is 1. The molecule has 0 saturated carbocycles. The molecular formula is C23H24F3N3O4S. The van der Waals surface area contributed by atoms with E-state index < -0.39 is 26.7 Å². The van der Waals surface area contributed by atoms with E-state index in [1.54, 1.807) is 4.90 Å². The van der Waals surface area contributed by atoms with E-state index in [4.69, 9.17) is 4.84 Å². The molecular weight excluding hydrogens is 471 g/mol. The number of aryl methyl sites for hydroxylation is 1. The molecule has 0 radical (unpaired) electrons. The molecule has 2 aromatic rings. The maximum atomic E-state index is 13.0. The summed E-state index contributed by atoms with van der Waals surface area (Å²) in [5.41, 5.74) is 1.58. The van der Waals surface area contributed by atoms with Gasteiger partial charge in [-0.25, -0.2) is 8.42 Å². The highest BCUT2D eigenvalue weighted by Gasteiger charge is 2.34. The Morgan fingerprint density at radius 2 is 1.74 bits per heavy atom. The summed E-state index contributed by atoms with van der Waals surface area (Å²) in [6, 6.07) is 11.4. The molecule has 34 heavy (non-hydrogen) atoms. The molecule has 182 valence electrons. The van der Waals surface area contributed by atoms with Gasteiger partial charge < -0.3 is 9.74 Å². The molecule has 0 aromatic heterocycles. The molecule has 0 spiro atoms. The number of amides is 1. The fourth-order valence-electron chi connectivity index (χ4n) is 4.11. The van der Waals surface area contributed by atoms with Crippen molar-refractivity contribution in [1.29, 1.82) is 0 Å². The quantitative estimate of drug-likeness (QED) is 0.591. The highest BCUT2D eigenvalue weighted by Crippen LogP contribution is 2.31. The second-order valence-corrected chi connectivity index (χ2v) is 10.1. The van der Waals surface area contributed by atoms with E-state index in [-0.39, 0.29) is 38.4 Å². The fourth-order valence-corrected chi connectivity index (χ4v) is 5.60. The van der Waals surface area contributed by atoms with Gasteiger partial charge in [0.1, 0.15) is 0 Å². The maximum absolute atomic E-state index is 13.0. The van der Waals surface area contributed by atoms with Crippen LogP contribution in [0.5, 0.6) is 0 Å². The molecule has 4 rings (SSSR count). The lowest BCUT2D eigenvalue weighted by atomic mass is 10.0. The maximum Gasteiger partial charge on any atom is 0.416 e. The van der Waals surface area contributed by atoms with Crippen molar-refractivity contribution in [1.82, 2.24) is 4.31 Å². The Morgan fingerprint density at radius 1 is 1.00 bits per heavy atom. The van der Waals surface area contributed by atoms with Crippen LogP contribution in [0, 0.1) is 0 Å². The summed E-state index contributed by atoms with van der Waals surface area (Å²) in [5, 5.41) is 4.01. The van der Waals surface area contributed by atoms with Crippen LogP contribution < -0.4 is 4.90 Å². The molecule has 7 nitrogen and oxygen atoms in total. The number of alkyl halides is 3. The lowest BCUT2D eigenvalue weighted by molar-refractivity contribution is -0.137. The molecule has 1 saturated heterocycles. The van der Waals surface area contributed by atoms with Crippen molar-refractivity contribution in [3.8, 4) is 0 Å². The number of para-hydroxylation sites is 1. The average molecular weight is 496 g/mol. The number of sulfonamides is 1. The van der Waals surface area contributed by atoms with Gasteiger partial charge in [0, 0.05) is 38.2 Å².